The fourth-order valence-corrected chi connectivity index (χ4v) is 6.61. The van der Waals surface area contributed by atoms with Crippen LogP contribution < -0.4 is 0 Å². The van der Waals surface area contributed by atoms with Crippen LogP contribution in [0, 0.1) is 35.0 Å². The third-order valence-corrected chi connectivity index (χ3v) is 7.27. The first-order chi connectivity index (χ1) is 11.4. The van der Waals surface area contributed by atoms with Crippen molar-refractivity contribution in [2.45, 2.75) is 59.0 Å². The second-order valence-corrected chi connectivity index (χ2v) is 8.84. The van der Waals surface area contributed by atoms with E-state index in [2.05, 4.69) is 26.0 Å². The van der Waals surface area contributed by atoms with Crippen LogP contribution in [-0.4, -0.2) is 17.9 Å². The van der Waals surface area contributed by atoms with Crippen molar-refractivity contribution in [1.82, 2.24) is 0 Å². The summed E-state index contributed by atoms with van der Waals surface area (Å²) < 4.78 is 5.63. The number of rotatable bonds is 1. The molecule has 4 aliphatic rings. The molecule has 3 nitrogen and oxygen atoms in total. The molecule has 2 fully saturated rings. The second kappa shape index (κ2) is 5.57. The number of hydrogen-bond acceptors (Lipinski definition) is 3. The van der Waals surface area contributed by atoms with Gasteiger partial charge in [-0.25, -0.2) is 0 Å². The minimum Gasteiger partial charge on any atom is -0.461 e. The summed E-state index contributed by atoms with van der Waals surface area (Å²) in [7, 11) is 0. The number of carbonyl (C=O) groups is 2. The smallest absolute Gasteiger partial charge is 0.302 e. The molecule has 0 aromatic rings. The number of esters is 1. The van der Waals surface area contributed by atoms with Crippen LogP contribution in [0.25, 0.3) is 0 Å². The van der Waals surface area contributed by atoms with Gasteiger partial charge >= 0.3 is 5.97 Å². The van der Waals surface area contributed by atoms with Crippen LogP contribution >= 0.6 is 0 Å². The molecule has 0 aromatic heterocycles. The molecule has 0 aromatic carbocycles. The number of allylic oxidation sites excluding steroid dienone is 3. The largest absolute Gasteiger partial charge is 0.461 e. The lowest BCUT2D eigenvalue weighted by atomic mass is 9.51. The molecule has 4 aliphatic carbocycles. The maximum Gasteiger partial charge on any atom is 0.302 e. The predicted octanol–water partition coefficient (Wildman–Crippen LogP) is 4.08. The first kappa shape index (κ1) is 16.1. The molecule has 0 spiro atoms. The van der Waals surface area contributed by atoms with Crippen LogP contribution in [0.5, 0.6) is 0 Å². The molecule has 0 radical (unpaired) electrons. The number of carbonyl (C=O) groups excluding carboxylic acids is 2. The Labute approximate surface area is 144 Å². The van der Waals surface area contributed by atoms with Crippen LogP contribution in [0.15, 0.2) is 23.8 Å². The Kier molecular flexibility index (Phi) is 3.74. The van der Waals surface area contributed by atoms with E-state index in [1.54, 1.807) is 6.08 Å². The predicted molar refractivity (Wildman–Crippen MR) is 92.1 cm³/mol. The third kappa shape index (κ3) is 2.39. The summed E-state index contributed by atoms with van der Waals surface area (Å²) in [5, 5.41) is 0. The Hall–Kier alpha value is -1.38. The molecule has 2 saturated carbocycles. The number of hydrogen-bond donors (Lipinski definition) is 0. The van der Waals surface area contributed by atoms with Gasteiger partial charge < -0.3 is 4.74 Å². The Morgan fingerprint density at radius 2 is 2.17 bits per heavy atom. The summed E-state index contributed by atoms with van der Waals surface area (Å²) >= 11 is 0. The summed E-state index contributed by atoms with van der Waals surface area (Å²) in [6.07, 6.45) is 11.7. The zero-order chi connectivity index (χ0) is 17.1. The van der Waals surface area contributed by atoms with Gasteiger partial charge in [0.2, 0.25) is 0 Å². The van der Waals surface area contributed by atoms with Gasteiger partial charge in [-0.05, 0) is 60.0 Å². The molecule has 24 heavy (non-hydrogen) atoms. The SMILES string of the molecule is CC(=O)OC1CC(=O)C=C2C=C[C@@H]3[C@@H]([C@H]21)[C@@H](C)C[C@]1(C)CCC[C@@H]31. The Balaban J connectivity index is 1.74. The van der Waals surface area contributed by atoms with E-state index in [4.69, 9.17) is 4.74 Å². The van der Waals surface area contributed by atoms with Crippen LogP contribution in [0.1, 0.15) is 52.9 Å². The molecule has 4 rings (SSSR count). The first-order valence-electron chi connectivity index (χ1n) is 9.49. The number of fused-ring (bicyclic) bond motifs is 5. The summed E-state index contributed by atoms with van der Waals surface area (Å²) in [4.78, 5) is 23.7. The van der Waals surface area contributed by atoms with E-state index < -0.39 is 0 Å². The van der Waals surface area contributed by atoms with Crippen molar-refractivity contribution in [3.63, 3.8) is 0 Å². The molecule has 1 unspecified atom stereocenters. The van der Waals surface area contributed by atoms with E-state index in [-0.39, 0.29) is 23.8 Å². The molecular formula is C21H28O3. The van der Waals surface area contributed by atoms with Gasteiger partial charge in [-0.1, -0.05) is 32.4 Å². The maximum absolute atomic E-state index is 12.1. The molecule has 0 saturated heterocycles. The zero-order valence-electron chi connectivity index (χ0n) is 15.0. The minimum atomic E-state index is -0.277. The Bertz CT molecular complexity index is 631. The highest BCUT2D eigenvalue weighted by atomic mass is 16.5. The molecule has 0 amide bonds. The lowest BCUT2D eigenvalue weighted by Gasteiger charge is -2.54. The van der Waals surface area contributed by atoms with Gasteiger partial charge in [-0.3, -0.25) is 9.59 Å². The highest BCUT2D eigenvalue weighted by Crippen LogP contribution is 2.62. The lowest BCUT2D eigenvalue weighted by molar-refractivity contribution is -0.153. The highest BCUT2D eigenvalue weighted by Gasteiger charge is 2.55. The van der Waals surface area contributed by atoms with E-state index in [1.165, 1.54) is 32.6 Å². The van der Waals surface area contributed by atoms with Gasteiger partial charge in [0, 0.05) is 19.3 Å². The quantitative estimate of drug-likeness (QED) is 0.681. The number of ether oxygens (including phenoxy) is 1. The molecule has 0 N–H and O–H groups in total. The van der Waals surface area contributed by atoms with E-state index in [9.17, 15) is 9.59 Å². The maximum atomic E-state index is 12.1. The summed E-state index contributed by atoms with van der Waals surface area (Å²) in [5.74, 6) is 2.41. The Morgan fingerprint density at radius 3 is 2.92 bits per heavy atom. The molecule has 3 heteroatoms. The van der Waals surface area contributed by atoms with Crippen LogP contribution in [-0.2, 0) is 14.3 Å². The number of ketones is 1. The topological polar surface area (TPSA) is 43.4 Å². The van der Waals surface area contributed by atoms with Crippen LogP contribution in [0.4, 0.5) is 0 Å². The van der Waals surface area contributed by atoms with Gasteiger partial charge in [0.15, 0.2) is 5.78 Å². The van der Waals surface area contributed by atoms with Crippen LogP contribution in [0.2, 0.25) is 0 Å². The summed E-state index contributed by atoms with van der Waals surface area (Å²) in [6.45, 7) is 6.30. The van der Waals surface area contributed by atoms with Crippen LogP contribution in [0.3, 0.4) is 0 Å². The van der Waals surface area contributed by atoms with Crippen molar-refractivity contribution in [2.24, 2.45) is 35.0 Å². The van der Waals surface area contributed by atoms with Crippen molar-refractivity contribution >= 4 is 11.8 Å². The van der Waals surface area contributed by atoms with Gasteiger partial charge in [-0.15, -0.1) is 0 Å². The average Bonchev–Trinajstić information content (AvgIpc) is 2.87. The van der Waals surface area contributed by atoms with E-state index in [0.717, 1.165) is 11.5 Å². The van der Waals surface area contributed by atoms with Crippen molar-refractivity contribution in [1.29, 1.82) is 0 Å². The molecule has 7 atom stereocenters. The van der Waals surface area contributed by atoms with E-state index >= 15 is 0 Å². The van der Waals surface area contributed by atoms with Gasteiger partial charge in [0.25, 0.3) is 0 Å². The minimum absolute atomic E-state index is 0.0877. The molecular weight excluding hydrogens is 300 g/mol. The molecule has 0 bridgehead atoms. The second-order valence-electron chi connectivity index (χ2n) is 8.84. The highest BCUT2D eigenvalue weighted by molar-refractivity contribution is 5.92. The standard InChI is InChI=1S/C21H28O3/c1-12-11-21(3)8-4-5-17(21)16-7-6-14-9-15(23)10-18(24-13(2)22)20(14)19(12)16/h6-7,9,12,16-20H,4-5,8,10-11H2,1-3H3/t12-,16-,17-,18?,19-,20+,21-/m0/s1. The fourth-order valence-electron chi connectivity index (χ4n) is 6.61. The average molecular weight is 328 g/mol. The van der Waals surface area contributed by atoms with E-state index in [0.29, 0.717) is 29.6 Å². The first-order valence-corrected chi connectivity index (χ1v) is 9.49. The van der Waals surface area contributed by atoms with Gasteiger partial charge in [0.1, 0.15) is 6.10 Å². The van der Waals surface area contributed by atoms with Crippen molar-refractivity contribution in [2.75, 3.05) is 0 Å². The van der Waals surface area contributed by atoms with Crippen molar-refractivity contribution in [3.05, 3.63) is 23.8 Å². The molecule has 0 aliphatic heterocycles. The molecule has 0 heterocycles. The van der Waals surface area contributed by atoms with E-state index in [1.807, 2.05) is 0 Å². The van der Waals surface area contributed by atoms with Crippen molar-refractivity contribution in [3.8, 4) is 0 Å². The summed E-state index contributed by atoms with van der Waals surface area (Å²) in [6, 6.07) is 0. The lowest BCUT2D eigenvalue weighted by Crippen LogP contribution is -2.51. The van der Waals surface area contributed by atoms with Crippen molar-refractivity contribution < 1.29 is 14.3 Å². The normalized spacial score (nSPS) is 46.6. The van der Waals surface area contributed by atoms with Gasteiger partial charge in [0.05, 0.1) is 0 Å². The molecule has 130 valence electrons. The zero-order valence-corrected chi connectivity index (χ0v) is 15.0. The fraction of sp³-hybridized carbons (Fsp3) is 0.714. The van der Waals surface area contributed by atoms with Gasteiger partial charge in [-0.2, -0.15) is 0 Å². The monoisotopic (exact) mass is 328 g/mol. The third-order valence-electron chi connectivity index (χ3n) is 7.27. The Morgan fingerprint density at radius 1 is 1.38 bits per heavy atom. The summed E-state index contributed by atoms with van der Waals surface area (Å²) in [5.41, 5.74) is 1.56.